The maximum atomic E-state index is 11.8. The van der Waals surface area contributed by atoms with Crippen LogP contribution in [-0.2, 0) is 23.9 Å². The summed E-state index contributed by atoms with van der Waals surface area (Å²) in [7, 11) is -2.60. The number of nitrogens with zero attached hydrogens (tertiary/aromatic N) is 1. The number of esters is 1. The fraction of sp³-hybridized carbons (Fsp3) is 0.273. The highest BCUT2D eigenvalue weighted by Gasteiger charge is 2.22. The maximum Gasteiger partial charge on any atom is 0.367 e. The molecular weight excluding hydrogens is 306 g/mol. The first-order valence-corrected chi connectivity index (χ1v) is 7.88. The Morgan fingerprint density at radius 3 is 2.60 bits per heavy atom. The second-order valence-electron chi connectivity index (χ2n) is 3.59. The summed E-state index contributed by atoms with van der Waals surface area (Å²) in [5.74, 6) is 0.337. The number of hydrogen-bond donors (Lipinski definition) is 0. The molecule has 2 rings (SSSR count). The number of ether oxygens (including phenoxy) is 2. The third kappa shape index (κ3) is 3.42. The number of oxime groups is 1. The van der Waals surface area contributed by atoms with Crippen molar-refractivity contribution in [1.29, 1.82) is 0 Å². The van der Waals surface area contributed by atoms with E-state index in [2.05, 4.69) is 9.44 Å². The van der Waals surface area contributed by atoms with Gasteiger partial charge in [-0.3, -0.25) is 4.28 Å². The van der Waals surface area contributed by atoms with E-state index in [-0.39, 0.29) is 16.5 Å². The zero-order valence-corrected chi connectivity index (χ0v) is 12.1. The molecule has 0 saturated carbocycles. The Morgan fingerprint density at radius 1 is 1.30 bits per heavy atom. The monoisotopic (exact) mass is 317 g/mol. The van der Waals surface area contributed by atoms with Gasteiger partial charge in [0.25, 0.3) is 0 Å². The van der Waals surface area contributed by atoms with Crippen LogP contribution in [0.2, 0.25) is 0 Å². The first-order chi connectivity index (χ1) is 9.53. The molecule has 1 fully saturated rings. The smallest absolute Gasteiger partial charge is 0.367 e. The zero-order chi connectivity index (χ0) is 14.6. The molecule has 0 unspecified atom stereocenters. The Balaban J connectivity index is 2.14. The number of carbonyl (C=O) groups excluding carboxylic acids is 1. The molecule has 1 heterocycles. The molecule has 0 amide bonds. The first kappa shape index (κ1) is 14.7. The van der Waals surface area contributed by atoms with Gasteiger partial charge in [-0.15, -0.1) is 0 Å². The average molecular weight is 317 g/mol. The second-order valence-corrected chi connectivity index (χ2v) is 6.20. The second kappa shape index (κ2) is 6.14. The summed E-state index contributed by atoms with van der Waals surface area (Å²) in [5, 5.41) is 3.22. The molecule has 0 radical (unpaired) electrons. The minimum atomic E-state index is -4.07. The van der Waals surface area contributed by atoms with E-state index in [1.807, 2.05) is 0 Å². The Hall–Kier alpha value is -1.74. The summed E-state index contributed by atoms with van der Waals surface area (Å²) in [6.07, 6.45) is 0. The van der Waals surface area contributed by atoms with Crippen molar-refractivity contribution in [3.8, 4) is 5.75 Å². The highest BCUT2D eigenvalue weighted by atomic mass is 32.2. The molecule has 1 aliphatic rings. The molecule has 1 saturated heterocycles. The molecule has 20 heavy (non-hydrogen) atoms. The zero-order valence-electron chi connectivity index (χ0n) is 10.4. The fourth-order valence-electron chi connectivity index (χ4n) is 1.33. The van der Waals surface area contributed by atoms with E-state index in [0.29, 0.717) is 11.5 Å². The molecule has 9 heteroatoms. The minimum Gasteiger partial charge on any atom is -0.497 e. The minimum absolute atomic E-state index is 0.0863. The standard InChI is InChI=1S/C11H11NO6S2/c1-16-8-2-4-9(5-3-8)20(14,15)18-12-10-11(13)17-6-7-19-10/h2-5H,6-7H2,1H3/b12-10-. The molecule has 0 atom stereocenters. The lowest BCUT2D eigenvalue weighted by molar-refractivity contribution is -0.135. The lowest BCUT2D eigenvalue weighted by Gasteiger charge is -2.11. The van der Waals surface area contributed by atoms with E-state index in [1.54, 1.807) is 0 Å². The van der Waals surface area contributed by atoms with Gasteiger partial charge >= 0.3 is 16.1 Å². The average Bonchev–Trinajstić information content (AvgIpc) is 2.46. The summed E-state index contributed by atoms with van der Waals surface area (Å²) >= 11 is 1.08. The van der Waals surface area contributed by atoms with Gasteiger partial charge in [-0.05, 0) is 24.3 Å². The van der Waals surface area contributed by atoms with Gasteiger partial charge in [-0.25, -0.2) is 4.79 Å². The van der Waals surface area contributed by atoms with Gasteiger partial charge in [0.1, 0.15) is 17.3 Å². The molecule has 7 nitrogen and oxygen atoms in total. The van der Waals surface area contributed by atoms with E-state index in [9.17, 15) is 13.2 Å². The first-order valence-electron chi connectivity index (χ1n) is 5.48. The van der Waals surface area contributed by atoms with Crippen molar-refractivity contribution in [2.24, 2.45) is 5.16 Å². The number of methoxy groups -OCH3 is 1. The largest absolute Gasteiger partial charge is 0.497 e. The number of carbonyl (C=O) groups is 1. The highest BCUT2D eigenvalue weighted by Crippen LogP contribution is 2.19. The maximum absolute atomic E-state index is 11.8. The molecule has 0 spiro atoms. The highest BCUT2D eigenvalue weighted by molar-refractivity contribution is 8.15. The third-order valence-electron chi connectivity index (χ3n) is 2.30. The Bertz CT molecular complexity index is 623. The van der Waals surface area contributed by atoms with Crippen molar-refractivity contribution < 1.29 is 27.0 Å². The van der Waals surface area contributed by atoms with Crippen LogP contribution in [0, 0.1) is 0 Å². The Labute approximate surface area is 120 Å². The topological polar surface area (TPSA) is 91.3 Å². The van der Waals surface area contributed by atoms with E-state index in [4.69, 9.17) is 9.47 Å². The Kier molecular flexibility index (Phi) is 4.50. The molecule has 1 aromatic rings. The molecular formula is C11H11NO6S2. The van der Waals surface area contributed by atoms with Crippen LogP contribution in [0.1, 0.15) is 0 Å². The van der Waals surface area contributed by atoms with Crippen LogP contribution in [0.15, 0.2) is 34.3 Å². The molecule has 0 aromatic heterocycles. The van der Waals surface area contributed by atoms with Gasteiger partial charge < -0.3 is 9.47 Å². The molecule has 1 aliphatic heterocycles. The van der Waals surface area contributed by atoms with Crippen LogP contribution >= 0.6 is 11.8 Å². The van der Waals surface area contributed by atoms with E-state index < -0.39 is 16.1 Å². The predicted molar refractivity (Wildman–Crippen MR) is 72.1 cm³/mol. The molecule has 1 aromatic carbocycles. The lowest BCUT2D eigenvalue weighted by Crippen LogP contribution is -2.23. The lowest BCUT2D eigenvalue weighted by atomic mass is 10.3. The third-order valence-corrected chi connectivity index (χ3v) is 4.30. The van der Waals surface area contributed by atoms with Crippen molar-refractivity contribution in [1.82, 2.24) is 0 Å². The van der Waals surface area contributed by atoms with Crippen molar-refractivity contribution in [3.05, 3.63) is 24.3 Å². The molecule has 108 valence electrons. The normalized spacial score (nSPS) is 17.6. The van der Waals surface area contributed by atoms with Gasteiger partial charge in [-0.2, -0.15) is 8.42 Å². The summed E-state index contributed by atoms with van der Waals surface area (Å²) in [6.45, 7) is 0.272. The van der Waals surface area contributed by atoms with Crippen LogP contribution in [-0.4, -0.2) is 38.9 Å². The molecule has 0 N–H and O–H groups in total. The Morgan fingerprint density at radius 2 is 2.00 bits per heavy atom. The van der Waals surface area contributed by atoms with Crippen LogP contribution in [0.25, 0.3) is 0 Å². The number of cyclic esters (lactones) is 1. The van der Waals surface area contributed by atoms with Gasteiger partial charge in [0, 0.05) is 5.75 Å². The van der Waals surface area contributed by atoms with Crippen molar-refractivity contribution in [2.45, 2.75) is 4.90 Å². The number of thioether (sulfide) groups is 1. The van der Waals surface area contributed by atoms with Crippen molar-refractivity contribution in [3.63, 3.8) is 0 Å². The summed E-state index contributed by atoms with van der Waals surface area (Å²) < 4.78 is 37.8. The van der Waals surface area contributed by atoms with E-state index in [1.165, 1.54) is 31.4 Å². The summed E-state index contributed by atoms with van der Waals surface area (Å²) in [6, 6.07) is 5.60. The molecule has 0 bridgehead atoms. The molecule has 0 aliphatic carbocycles. The van der Waals surface area contributed by atoms with Crippen LogP contribution in [0.3, 0.4) is 0 Å². The number of rotatable bonds is 4. The number of benzene rings is 1. The fourth-order valence-corrected chi connectivity index (χ4v) is 2.73. The van der Waals surface area contributed by atoms with Gasteiger partial charge in [0.15, 0.2) is 0 Å². The summed E-state index contributed by atoms with van der Waals surface area (Å²) in [5.41, 5.74) is 0. The van der Waals surface area contributed by atoms with E-state index >= 15 is 0 Å². The van der Waals surface area contributed by atoms with Crippen molar-refractivity contribution in [2.75, 3.05) is 19.5 Å². The SMILES string of the molecule is COc1ccc(S(=O)(=O)O/N=C2\SCCOC2=O)cc1. The summed E-state index contributed by atoms with van der Waals surface area (Å²) in [4.78, 5) is 11.2. The quantitative estimate of drug-likeness (QED) is 0.604. The van der Waals surface area contributed by atoms with Crippen molar-refractivity contribution >= 4 is 32.9 Å². The van der Waals surface area contributed by atoms with Gasteiger partial charge in [0.05, 0.1) is 7.11 Å². The van der Waals surface area contributed by atoms with Crippen LogP contribution in [0.4, 0.5) is 0 Å². The predicted octanol–water partition coefficient (Wildman–Crippen LogP) is 1.00. The van der Waals surface area contributed by atoms with Crippen LogP contribution < -0.4 is 4.74 Å². The van der Waals surface area contributed by atoms with Gasteiger partial charge in [0.2, 0.25) is 5.04 Å². The number of hydrogen-bond acceptors (Lipinski definition) is 8. The van der Waals surface area contributed by atoms with Gasteiger partial charge in [-0.1, -0.05) is 16.9 Å². The van der Waals surface area contributed by atoms with E-state index in [0.717, 1.165) is 11.8 Å². The van der Waals surface area contributed by atoms with Crippen LogP contribution in [0.5, 0.6) is 5.75 Å².